The number of rotatable bonds is 8. The van der Waals surface area contributed by atoms with Gasteiger partial charge in [-0.3, -0.25) is 9.88 Å². The molecule has 0 atom stereocenters. The van der Waals surface area contributed by atoms with Crippen molar-refractivity contribution in [3.63, 3.8) is 0 Å². The van der Waals surface area contributed by atoms with Crippen molar-refractivity contribution in [1.29, 1.82) is 0 Å². The second-order valence-corrected chi connectivity index (χ2v) is 5.13. The first-order valence-electron chi connectivity index (χ1n) is 7.24. The minimum absolute atomic E-state index is 0.539. The average Bonchev–Trinajstić information content (AvgIpc) is 2.52. The summed E-state index contributed by atoms with van der Waals surface area (Å²) in [5.74, 6) is -1.63. The van der Waals surface area contributed by atoms with Gasteiger partial charge >= 0.3 is 0 Å². The molecule has 0 saturated carbocycles. The highest BCUT2D eigenvalue weighted by atomic mass is 19.2. The van der Waals surface area contributed by atoms with Gasteiger partial charge in [0.05, 0.1) is 5.69 Å². The van der Waals surface area contributed by atoms with Crippen LogP contribution in [0.5, 0.6) is 0 Å². The lowest BCUT2D eigenvalue weighted by Gasteiger charge is -2.22. The quantitative estimate of drug-likeness (QED) is 0.699. The Bertz CT molecular complexity index is 578. The Morgan fingerprint density at radius 1 is 1.09 bits per heavy atom. The van der Waals surface area contributed by atoms with Crippen LogP contribution in [0.25, 0.3) is 0 Å². The zero-order chi connectivity index (χ0) is 15.8. The molecule has 0 aliphatic heterocycles. The molecule has 1 heterocycles. The Morgan fingerprint density at radius 2 is 1.95 bits per heavy atom. The minimum atomic E-state index is -0.820. The van der Waals surface area contributed by atoms with Crippen LogP contribution in [0.3, 0.4) is 0 Å². The summed E-state index contributed by atoms with van der Waals surface area (Å²) in [6.07, 6.45) is 2.62. The van der Waals surface area contributed by atoms with Crippen LogP contribution < -0.4 is 0 Å². The molecular weight excluding hydrogens is 286 g/mol. The summed E-state index contributed by atoms with van der Waals surface area (Å²) in [6, 6.07) is 9.78. The van der Waals surface area contributed by atoms with Crippen LogP contribution in [0.15, 0.2) is 42.6 Å². The summed E-state index contributed by atoms with van der Waals surface area (Å²) in [6.45, 7) is 2.65. The molecule has 0 N–H and O–H groups in total. The molecule has 0 saturated heterocycles. The Balaban J connectivity index is 2.04. The summed E-state index contributed by atoms with van der Waals surface area (Å²) in [5, 5.41) is 0. The van der Waals surface area contributed by atoms with E-state index in [2.05, 4.69) is 9.88 Å². The van der Waals surface area contributed by atoms with Crippen molar-refractivity contribution in [2.45, 2.75) is 19.5 Å². The molecule has 3 nitrogen and oxygen atoms in total. The molecule has 1 aromatic carbocycles. The van der Waals surface area contributed by atoms with Gasteiger partial charge in [-0.05, 0) is 36.2 Å². The number of aromatic nitrogens is 1. The number of benzene rings is 1. The monoisotopic (exact) mass is 306 g/mol. The molecule has 22 heavy (non-hydrogen) atoms. The van der Waals surface area contributed by atoms with E-state index >= 15 is 0 Å². The third kappa shape index (κ3) is 5.16. The first-order chi connectivity index (χ1) is 10.7. The lowest BCUT2D eigenvalue weighted by Crippen LogP contribution is -2.25. The third-order valence-electron chi connectivity index (χ3n) is 3.32. The van der Waals surface area contributed by atoms with E-state index in [4.69, 9.17) is 4.74 Å². The Morgan fingerprint density at radius 3 is 2.64 bits per heavy atom. The summed E-state index contributed by atoms with van der Waals surface area (Å²) < 4.78 is 31.4. The molecule has 2 aromatic rings. The predicted molar refractivity (Wildman–Crippen MR) is 81.2 cm³/mol. The number of ether oxygens (including phenoxy) is 1. The summed E-state index contributed by atoms with van der Waals surface area (Å²) in [7, 11) is 1.67. The summed E-state index contributed by atoms with van der Waals surface area (Å²) in [4.78, 5) is 6.46. The van der Waals surface area contributed by atoms with Gasteiger partial charge in [0.25, 0.3) is 0 Å². The van der Waals surface area contributed by atoms with E-state index in [0.717, 1.165) is 24.2 Å². The number of pyridine rings is 1. The molecule has 0 radical (unpaired) electrons. The molecule has 0 amide bonds. The highest BCUT2D eigenvalue weighted by Crippen LogP contribution is 2.13. The fourth-order valence-electron chi connectivity index (χ4n) is 2.26. The summed E-state index contributed by atoms with van der Waals surface area (Å²) in [5.41, 5.74) is 1.69. The maximum absolute atomic E-state index is 13.3. The van der Waals surface area contributed by atoms with Crippen LogP contribution in [0.4, 0.5) is 8.78 Å². The molecular formula is C17H20F2N2O. The first-order valence-corrected chi connectivity index (χ1v) is 7.24. The Kier molecular flexibility index (Phi) is 6.43. The molecule has 2 rings (SSSR count). The van der Waals surface area contributed by atoms with Gasteiger partial charge in [0.2, 0.25) is 0 Å². The van der Waals surface area contributed by atoms with Crippen molar-refractivity contribution >= 4 is 0 Å². The van der Waals surface area contributed by atoms with Crippen LogP contribution in [-0.4, -0.2) is 30.1 Å². The van der Waals surface area contributed by atoms with Crippen molar-refractivity contribution in [1.82, 2.24) is 9.88 Å². The summed E-state index contributed by atoms with van der Waals surface area (Å²) >= 11 is 0. The van der Waals surface area contributed by atoms with E-state index in [0.29, 0.717) is 19.7 Å². The van der Waals surface area contributed by atoms with E-state index in [1.165, 1.54) is 12.1 Å². The van der Waals surface area contributed by atoms with Gasteiger partial charge in [0.1, 0.15) is 0 Å². The fraction of sp³-hybridized carbons (Fsp3) is 0.353. The zero-order valence-corrected chi connectivity index (χ0v) is 12.6. The van der Waals surface area contributed by atoms with E-state index in [9.17, 15) is 8.78 Å². The Hall–Kier alpha value is -1.85. The lowest BCUT2D eigenvalue weighted by atomic mass is 10.2. The molecule has 1 aromatic heterocycles. The number of hydrogen-bond acceptors (Lipinski definition) is 3. The molecule has 118 valence electrons. The molecule has 0 unspecified atom stereocenters. The van der Waals surface area contributed by atoms with Gasteiger partial charge in [-0.1, -0.05) is 12.1 Å². The largest absolute Gasteiger partial charge is 0.385 e. The van der Waals surface area contributed by atoms with Gasteiger partial charge in [0.15, 0.2) is 11.6 Å². The second kappa shape index (κ2) is 8.56. The Labute approximate surface area is 129 Å². The topological polar surface area (TPSA) is 25.4 Å². The molecule has 5 heteroatoms. The average molecular weight is 306 g/mol. The van der Waals surface area contributed by atoms with Gasteiger partial charge in [0, 0.05) is 39.5 Å². The van der Waals surface area contributed by atoms with Crippen molar-refractivity contribution < 1.29 is 13.5 Å². The number of methoxy groups -OCH3 is 1. The molecule has 0 bridgehead atoms. The maximum atomic E-state index is 13.3. The van der Waals surface area contributed by atoms with Crippen LogP contribution in [0, 0.1) is 11.6 Å². The van der Waals surface area contributed by atoms with Crippen LogP contribution in [-0.2, 0) is 17.8 Å². The highest BCUT2D eigenvalue weighted by molar-refractivity contribution is 5.18. The molecule has 0 fully saturated rings. The zero-order valence-electron chi connectivity index (χ0n) is 12.6. The lowest BCUT2D eigenvalue weighted by molar-refractivity contribution is 0.166. The van der Waals surface area contributed by atoms with E-state index in [1.54, 1.807) is 19.4 Å². The highest BCUT2D eigenvalue weighted by Gasteiger charge is 2.10. The minimum Gasteiger partial charge on any atom is -0.385 e. The number of hydrogen-bond donors (Lipinski definition) is 0. The predicted octanol–water partition coefficient (Wildman–Crippen LogP) is 3.40. The molecule has 0 aliphatic carbocycles. The smallest absolute Gasteiger partial charge is 0.159 e. The van der Waals surface area contributed by atoms with Gasteiger partial charge in [-0.2, -0.15) is 0 Å². The van der Waals surface area contributed by atoms with Crippen LogP contribution in [0.1, 0.15) is 17.7 Å². The van der Waals surface area contributed by atoms with Crippen LogP contribution >= 0.6 is 0 Å². The van der Waals surface area contributed by atoms with E-state index < -0.39 is 11.6 Å². The fourth-order valence-corrected chi connectivity index (χ4v) is 2.26. The normalized spacial score (nSPS) is 11.1. The van der Waals surface area contributed by atoms with Gasteiger partial charge in [-0.25, -0.2) is 8.78 Å². The molecule has 0 aliphatic rings. The SMILES string of the molecule is COCCCN(Cc1ccc(F)c(F)c1)Cc1ccccn1. The van der Waals surface area contributed by atoms with Crippen molar-refractivity contribution in [3.8, 4) is 0 Å². The maximum Gasteiger partial charge on any atom is 0.159 e. The standard InChI is InChI=1S/C17H20F2N2O/c1-22-10-4-9-21(13-15-5-2-3-8-20-15)12-14-6-7-16(18)17(19)11-14/h2-3,5-8,11H,4,9-10,12-13H2,1H3. The van der Waals surface area contributed by atoms with E-state index in [-0.39, 0.29) is 0 Å². The van der Waals surface area contributed by atoms with Crippen molar-refractivity contribution in [2.75, 3.05) is 20.3 Å². The van der Waals surface area contributed by atoms with Crippen molar-refractivity contribution in [2.24, 2.45) is 0 Å². The first kappa shape index (κ1) is 16.5. The van der Waals surface area contributed by atoms with Crippen molar-refractivity contribution in [3.05, 3.63) is 65.5 Å². The third-order valence-corrected chi connectivity index (χ3v) is 3.32. The second-order valence-electron chi connectivity index (χ2n) is 5.13. The van der Waals surface area contributed by atoms with E-state index in [1.807, 2.05) is 18.2 Å². The van der Waals surface area contributed by atoms with Crippen LogP contribution in [0.2, 0.25) is 0 Å². The number of halogens is 2. The van der Waals surface area contributed by atoms with Gasteiger partial charge < -0.3 is 4.74 Å². The number of nitrogens with zero attached hydrogens (tertiary/aromatic N) is 2. The molecule has 0 spiro atoms. The van der Waals surface area contributed by atoms with Gasteiger partial charge in [-0.15, -0.1) is 0 Å².